The molecule has 0 heterocycles. The fraction of sp³-hybridized carbons (Fsp3) is 0.833. The highest BCUT2D eigenvalue weighted by Gasteiger charge is 2.24. The lowest BCUT2D eigenvalue weighted by Crippen LogP contribution is -2.22. The van der Waals surface area contributed by atoms with Crippen molar-refractivity contribution >= 4 is 0 Å². The smallest absolute Gasteiger partial charge is 0.0294 e. The van der Waals surface area contributed by atoms with Gasteiger partial charge in [0, 0.05) is 0 Å². The van der Waals surface area contributed by atoms with Crippen molar-refractivity contribution in [2.45, 2.75) is 47.5 Å². The highest BCUT2D eigenvalue weighted by Crippen LogP contribution is 2.34. The van der Waals surface area contributed by atoms with E-state index in [0.717, 1.165) is 18.3 Å². The molecule has 1 unspecified atom stereocenters. The van der Waals surface area contributed by atoms with Crippen molar-refractivity contribution < 1.29 is 0 Å². The van der Waals surface area contributed by atoms with Crippen LogP contribution in [0.1, 0.15) is 47.5 Å². The van der Waals surface area contributed by atoms with Crippen LogP contribution in [0.3, 0.4) is 0 Å². The van der Waals surface area contributed by atoms with E-state index in [9.17, 15) is 0 Å². The van der Waals surface area contributed by atoms with E-state index in [4.69, 9.17) is 0 Å². The average Bonchev–Trinajstić information content (AvgIpc) is 1.85. The third-order valence-electron chi connectivity index (χ3n) is 2.83. The Balaban J connectivity index is 4.04. The van der Waals surface area contributed by atoms with Gasteiger partial charge in [0.1, 0.15) is 0 Å². The van der Waals surface area contributed by atoms with Gasteiger partial charge in [0.25, 0.3) is 0 Å². The molecule has 0 aliphatic carbocycles. The van der Waals surface area contributed by atoms with Gasteiger partial charge in [0.2, 0.25) is 0 Å². The summed E-state index contributed by atoms with van der Waals surface area (Å²) in [5.74, 6) is 1.60. The lowest BCUT2D eigenvalue weighted by atomic mass is 9.74. The summed E-state index contributed by atoms with van der Waals surface area (Å²) >= 11 is 0. The van der Waals surface area contributed by atoms with Crippen LogP contribution >= 0.6 is 0 Å². The van der Waals surface area contributed by atoms with Crippen molar-refractivity contribution in [3.63, 3.8) is 0 Å². The van der Waals surface area contributed by atoms with Crippen LogP contribution in [0, 0.1) is 17.3 Å². The maximum atomic E-state index is 3.81. The quantitative estimate of drug-likeness (QED) is 0.538. The fourth-order valence-electron chi connectivity index (χ4n) is 1.60. The van der Waals surface area contributed by atoms with Crippen LogP contribution in [-0.2, 0) is 0 Å². The summed E-state index contributed by atoms with van der Waals surface area (Å²) in [5, 5.41) is 0. The average molecular weight is 168 g/mol. The number of rotatable bonds is 5. The molecule has 0 aliphatic rings. The SMILES string of the molecule is C=CCC(C)(C)C(C)CC(C)C. The Morgan fingerprint density at radius 3 is 2.08 bits per heavy atom. The van der Waals surface area contributed by atoms with E-state index in [1.54, 1.807) is 0 Å². The Morgan fingerprint density at radius 2 is 1.75 bits per heavy atom. The molecule has 0 aliphatic heterocycles. The number of hydrogen-bond donors (Lipinski definition) is 0. The highest BCUT2D eigenvalue weighted by molar-refractivity contribution is 4.83. The van der Waals surface area contributed by atoms with Gasteiger partial charge in [-0.15, -0.1) is 6.58 Å². The molecule has 72 valence electrons. The Kier molecular flexibility index (Phi) is 4.59. The van der Waals surface area contributed by atoms with E-state index >= 15 is 0 Å². The van der Waals surface area contributed by atoms with Gasteiger partial charge in [-0.25, -0.2) is 0 Å². The Bertz CT molecular complexity index is 131. The maximum absolute atomic E-state index is 3.81. The summed E-state index contributed by atoms with van der Waals surface area (Å²) in [6.45, 7) is 15.4. The van der Waals surface area contributed by atoms with Crippen molar-refractivity contribution in [3.8, 4) is 0 Å². The third-order valence-corrected chi connectivity index (χ3v) is 2.83. The molecule has 0 rings (SSSR count). The van der Waals surface area contributed by atoms with Crippen LogP contribution in [0.5, 0.6) is 0 Å². The van der Waals surface area contributed by atoms with Gasteiger partial charge >= 0.3 is 0 Å². The van der Waals surface area contributed by atoms with Crippen LogP contribution in [0.15, 0.2) is 12.7 Å². The largest absolute Gasteiger partial charge is 0.103 e. The molecular formula is C12H24. The van der Waals surface area contributed by atoms with E-state index in [2.05, 4.69) is 41.2 Å². The first kappa shape index (κ1) is 11.7. The molecule has 0 radical (unpaired) electrons. The summed E-state index contributed by atoms with van der Waals surface area (Å²) in [7, 11) is 0. The molecule has 0 aromatic carbocycles. The van der Waals surface area contributed by atoms with Crippen molar-refractivity contribution in [1.29, 1.82) is 0 Å². The summed E-state index contributed by atoms with van der Waals surface area (Å²) in [6, 6.07) is 0. The van der Waals surface area contributed by atoms with Crippen molar-refractivity contribution in [2.75, 3.05) is 0 Å². The Labute approximate surface area is 78.1 Å². The molecule has 0 heteroatoms. The van der Waals surface area contributed by atoms with Crippen molar-refractivity contribution in [2.24, 2.45) is 17.3 Å². The summed E-state index contributed by atoms with van der Waals surface area (Å²) < 4.78 is 0. The van der Waals surface area contributed by atoms with E-state index < -0.39 is 0 Å². The standard InChI is InChI=1S/C12H24/c1-7-8-12(5,6)11(4)9-10(2)3/h7,10-11H,1,8-9H2,2-6H3. The van der Waals surface area contributed by atoms with Gasteiger partial charge in [-0.05, 0) is 30.1 Å². The van der Waals surface area contributed by atoms with Gasteiger partial charge in [-0.1, -0.05) is 40.7 Å². The molecule has 0 nitrogen and oxygen atoms in total. The number of hydrogen-bond acceptors (Lipinski definition) is 0. The van der Waals surface area contributed by atoms with Crippen LogP contribution in [0.2, 0.25) is 0 Å². The highest BCUT2D eigenvalue weighted by atomic mass is 14.3. The zero-order chi connectivity index (χ0) is 9.78. The Morgan fingerprint density at radius 1 is 1.25 bits per heavy atom. The summed E-state index contributed by atoms with van der Waals surface area (Å²) in [6.07, 6.45) is 4.48. The lowest BCUT2D eigenvalue weighted by Gasteiger charge is -2.32. The first-order chi connectivity index (χ1) is 5.40. The maximum Gasteiger partial charge on any atom is -0.0294 e. The van der Waals surface area contributed by atoms with Gasteiger partial charge in [-0.2, -0.15) is 0 Å². The summed E-state index contributed by atoms with van der Waals surface area (Å²) in [4.78, 5) is 0. The minimum absolute atomic E-state index is 0.423. The first-order valence-electron chi connectivity index (χ1n) is 5.01. The second-order valence-corrected chi connectivity index (χ2v) is 5.01. The van der Waals surface area contributed by atoms with Crippen molar-refractivity contribution in [1.82, 2.24) is 0 Å². The molecule has 0 amide bonds. The molecule has 0 saturated heterocycles. The molecule has 0 fully saturated rings. The lowest BCUT2D eigenvalue weighted by molar-refractivity contribution is 0.201. The normalized spacial score (nSPS) is 14.8. The van der Waals surface area contributed by atoms with Crippen molar-refractivity contribution in [3.05, 3.63) is 12.7 Å². The predicted molar refractivity (Wildman–Crippen MR) is 57.2 cm³/mol. The Hall–Kier alpha value is -0.260. The molecule has 0 aromatic rings. The van der Waals surface area contributed by atoms with E-state index in [0.29, 0.717) is 5.41 Å². The second kappa shape index (κ2) is 4.69. The first-order valence-corrected chi connectivity index (χ1v) is 5.01. The van der Waals surface area contributed by atoms with Gasteiger partial charge in [0.05, 0.1) is 0 Å². The van der Waals surface area contributed by atoms with Crippen LogP contribution in [0.4, 0.5) is 0 Å². The van der Waals surface area contributed by atoms with E-state index in [-0.39, 0.29) is 0 Å². The van der Waals surface area contributed by atoms with Crippen LogP contribution < -0.4 is 0 Å². The van der Waals surface area contributed by atoms with Gasteiger partial charge in [0.15, 0.2) is 0 Å². The molecule has 0 spiro atoms. The van der Waals surface area contributed by atoms with E-state index in [1.165, 1.54) is 6.42 Å². The zero-order valence-electron chi connectivity index (χ0n) is 9.35. The third kappa shape index (κ3) is 3.94. The minimum atomic E-state index is 0.423. The monoisotopic (exact) mass is 168 g/mol. The van der Waals surface area contributed by atoms with E-state index in [1.807, 2.05) is 6.08 Å². The van der Waals surface area contributed by atoms with Crippen LogP contribution in [-0.4, -0.2) is 0 Å². The molecule has 12 heavy (non-hydrogen) atoms. The molecule has 0 saturated carbocycles. The zero-order valence-corrected chi connectivity index (χ0v) is 9.35. The minimum Gasteiger partial charge on any atom is -0.103 e. The predicted octanol–water partition coefficient (Wildman–Crippen LogP) is 4.27. The molecule has 0 bridgehead atoms. The summed E-state index contributed by atoms with van der Waals surface area (Å²) in [5.41, 5.74) is 0.423. The number of allylic oxidation sites excluding steroid dienone is 1. The van der Waals surface area contributed by atoms with Crippen LogP contribution in [0.25, 0.3) is 0 Å². The topological polar surface area (TPSA) is 0 Å². The second-order valence-electron chi connectivity index (χ2n) is 5.01. The van der Waals surface area contributed by atoms with Gasteiger partial charge < -0.3 is 0 Å². The molecular weight excluding hydrogens is 144 g/mol. The molecule has 0 N–H and O–H groups in total. The fourth-order valence-corrected chi connectivity index (χ4v) is 1.60. The van der Waals surface area contributed by atoms with Gasteiger partial charge in [-0.3, -0.25) is 0 Å². The molecule has 1 atom stereocenters. The molecule has 0 aromatic heterocycles.